The van der Waals surface area contributed by atoms with Gasteiger partial charge in [0.05, 0.1) is 0 Å². The Bertz CT molecular complexity index is 488. The molecule has 1 saturated carbocycles. The summed E-state index contributed by atoms with van der Waals surface area (Å²) in [7, 11) is 0. The SMILES string of the molecule is CC(C)c1cccc(C(C)C)c1NC(=O)NC1CCCCCC1. The Hall–Kier alpha value is -1.51. The van der Waals surface area contributed by atoms with E-state index in [1.807, 2.05) is 0 Å². The lowest BCUT2D eigenvalue weighted by molar-refractivity contribution is 0.247. The first-order chi connectivity index (χ1) is 11.0. The number of benzene rings is 1. The largest absolute Gasteiger partial charge is 0.335 e. The normalized spacial score (nSPS) is 16.4. The number of para-hydroxylation sites is 1. The maximum atomic E-state index is 12.5. The van der Waals surface area contributed by atoms with Crippen LogP contribution >= 0.6 is 0 Å². The van der Waals surface area contributed by atoms with Gasteiger partial charge in [-0.3, -0.25) is 0 Å². The van der Waals surface area contributed by atoms with Crippen LogP contribution in [0.4, 0.5) is 10.5 Å². The number of hydrogen-bond donors (Lipinski definition) is 2. The molecular weight excluding hydrogens is 284 g/mol. The van der Waals surface area contributed by atoms with Gasteiger partial charge in [-0.1, -0.05) is 71.6 Å². The van der Waals surface area contributed by atoms with Crippen molar-refractivity contribution in [3.63, 3.8) is 0 Å². The van der Waals surface area contributed by atoms with Gasteiger partial charge in [0.2, 0.25) is 0 Å². The third-order valence-electron chi connectivity index (χ3n) is 4.80. The lowest BCUT2D eigenvalue weighted by atomic mass is 9.93. The van der Waals surface area contributed by atoms with Gasteiger partial charge in [0.1, 0.15) is 0 Å². The summed E-state index contributed by atoms with van der Waals surface area (Å²) in [6, 6.07) is 6.62. The number of rotatable bonds is 4. The minimum atomic E-state index is -0.0492. The Balaban J connectivity index is 2.12. The fraction of sp³-hybridized carbons (Fsp3) is 0.650. The van der Waals surface area contributed by atoms with Crippen molar-refractivity contribution in [3.05, 3.63) is 29.3 Å². The van der Waals surface area contributed by atoms with Crippen molar-refractivity contribution >= 4 is 11.7 Å². The highest BCUT2D eigenvalue weighted by molar-refractivity contribution is 5.91. The van der Waals surface area contributed by atoms with Gasteiger partial charge in [-0.15, -0.1) is 0 Å². The smallest absolute Gasteiger partial charge is 0.319 e. The van der Waals surface area contributed by atoms with Crippen molar-refractivity contribution in [2.24, 2.45) is 0 Å². The van der Waals surface area contributed by atoms with Crippen LogP contribution in [0.3, 0.4) is 0 Å². The summed E-state index contributed by atoms with van der Waals surface area (Å²) in [5.74, 6) is 0.781. The summed E-state index contributed by atoms with van der Waals surface area (Å²) in [6.45, 7) is 8.70. The van der Waals surface area contributed by atoms with Crippen LogP contribution in [0, 0.1) is 0 Å². The molecule has 0 bridgehead atoms. The number of urea groups is 1. The van der Waals surface area contributed by atoms with Gasteiger partial charge in [-0.05, 0) is 35.8 Å². The maximum absolute atomic E-state index is 12.5. The lowest BCUT2D eigenvalue weighted by Gasteiger charge is -2.22. The van der Waals surface area contributed by atoms with E-state index >= 15 is 0 Å². The third-order valence-corrected chi connectivity index (χ3v) is 4.80. The average Bonchev–Trinajstić information content (AvgIpc) is 2.75. The number of amides is 2. The molecule has 0 aromatic heterocycles. The molecule has 0 atom stereocenters. The molecule has 3 nitrogen and oxygen atoms in total. The lowest BCUT2D eigenvalue weighted by Crippen LogP contribution is -2.38. The quantitative estimate of drug-likeness (QED) is 0.679. The molecule has 0 unspecified atom stereocenters. The Morgan fingerprint density at radius 2 is 1.48 bits per heavy atom. The molecule has 128 valence electrons. The van der Waals surface area contributed by atoms with E-state index in [2.05, 4.69) is 56.5 Å². The zero-order valence-corrected chi connectivity index (χ0v) is 15.1. The number of carbonyl (C=O) groups is 1. The average molecular weight is 316 g/mol. The minimum absolute atomic E-state index is 0.0492. The van der Waals surface area contributed by atoms with Crippen LogP contribution in [0.25, 0.3) is 0 Å². The van der Waals surface area contributed by atoms with Gasteiger partial charge >= 0.3 is 6.03 Å². The Morgan fingerprint density at radius 1 is 0.957 bits per heavy atom. The highest BCUT2D eigenvalue weighted by atomic mass is 16.2. The number of anilines is 1. The molecule has 23 heavy (non-hydrogen) atoms. The van der Waals surface area contributed by atoms with Crippen LogP contribution in [0.15, 0.2) is 18.2 Å². The molecule has 3 heteroatoms. The summed E-state index contributed by atoms with van der Waals surface area (Å²) in [6.07, 6.45) is 7.27. The second kappa shape index (κ2) is 8.37. The molecule has 2 rings (SSSR count). The predicted octanol–water partition coefficient (Wildman–Crippen LogP) is 5.78. The summed E-state index contributed by atoms with van der Waals surface area (Å²) >= 11 is 0. The molecule has 0 aliphatic heterocycles. The highest BCUT2D eigenvalue weighted by Gasteiger charge is 2.18. The fourth-order valence-corrected chi connectivity index (χ4v) is 3.45. The molecule has 0 saturated heterocycles. The van der Waals surface area contributed by atoms with Crippen molar-refractivity contribution in [2.45, 2.75) is 84.1 Å². The van der Waals surface area contributed by atoms with Crippen LogP contribution in [0.5, 0.6) is 0 Å². The Morgan fingerprint density at radius 3 is 1.96 bits per heavy atom. The first kappa shape index (κ1) is 17.8. The first-order valence-electron chi connectivity index (χ1n) is 9.19. The van der Waals surface area contributed by atoms with Crippen molar-refractivity contribution in [1.82, 2.24) is 5.32 Å². The van der Waals surface area contributed by atoms with Crippen LogP contribution < -0.4 is 10.6 Å². The molecule has 1 fully saturated rings. The van der Waals surface area contributed by atoms with Gasteiger partial charge in [0.15, 0.2) is 0 Å². The standard InChI is InChI=1S/C20H32N2O/c1-14(2)17-12-9-13-18(15(3)4)19(17)22-20(23)21-16-10-7-5-6-8-11-16/h9,12-16H,5-8,10-11H2,1-4H3,(H2,21,22,23). The maximum Gasteiger partial charge on any atom is 0.319 e. The summed E-state index contributed by atoms with van der Waals surface area (Å²) in [5.41, 5.74) is 3.43. The van der Waals surface area contributed by atoms with Gasteiger partial charge in [-0.2, -0.15) is 0 Å². The van der Waals surface area contributed by atoms with Gasteiger partial charge in [0, 0.05) is 11.7 Å². The van der Waals surface area contributed by atoms with Gasteiger partial charge < -0.3 is 10.6 Å². The minimum Gasteiger partial charge on any atom is -0.335 e. The van der Waals surface area contributed by atoms with Gasteiger partial charge in [-0.25, -0.2) is 4.79 Å². The van der Waals surface area contributed by atoms with E-state index in [0.29, 0.717) is 17.9 Å². The molecular formula is C20H32N2O. The van der Waals surface area contributed by atoms with E-state index in [-0.39, 0.29) is 6.03 Å². The van der Waals surface area contributed by atoms with Gasteiger partial charge in [0.25, 0.3) is 0 Å². The summed E-state index contributed by atoms with van der Waals surface area (Å²) < 4.78 is 0. The topological polar surface area (TPSA) is 41.1 Å². The second-order valence-corrected chi connectivity index (χ2v) is 7.41. The van der Waals surface area contributed by atoms with E-state index in [1.165, 1.54) is 36.8 Å². The van der Waals surface area contributed by atoms with E-state index in [1.54, 1.807) is 0 Å². The van der Waals surface area contributed by atoms with E-state index in [9.17, 15) is 4.79 Å². The van der Waals surface area contributed by atoms with Crippen LogP contribution in [-0.4, -0.2) is 12.1 Å². The van der Waals surface area contributed by atoms with Crippen LogP contribution in [0.2, 0.25) is 0 Å². The fourth-order valence-electron chi connectivity index (χ4n) is 3.45. The number of nitrogens with one attached hydrogen (secondary N) is 2. The van der Waals surface area contributed by atoms with Crippen molar-refractivity contribution < 1.29 is 4.79 Å². The molecule has 0 heterocycles. The Kier molecular flexibility index (Phi) is 6.49. The molecule has 2 amide bonds. The molecule has 1 aliphatic carbocycles. The molecule has 0 radical (unpaired) electrons. The predicted molar refractivity (Wildman–Crippen MR) is 98.3 cm³/mol. The summed E-state index contributed by atoms with van der Waals surface area (Å²) in [5, 5.41) is 6.35. The Labute approximate surface area is 141 Å². The second-order valence-electron chi connectivity index (χ2n) is 7.41. The monoisotopic (exact) mass is 316 g/mol. The molecule has 0 spiro atoms. The van der Waals surface area contributed by atoms with E-state index < -0.39 is 0 Å². The molecule has 1 aliphatic rings. The van der Waals surface area contributed by atoms with Crippen molar-refractivity contribution in [1.29, 1.82) is 0 Å². The highest BCUT2D eigenvalue weighted by Crippen LogP contribution is 2.32. The number of hydrogen-bond acceptors (Lipinski definition) is 1. The molecule has 1 aromatic carbocycles. The first-order valence-corrected chi connectivity index (χ1v) is 9.19. The van der Waals surface area contributed by atoms with Crippen molar-refractivity contribution in [2.75, 3.05) is 5.32 Å². The van der Waals surface area contributed by atoms with Crippen molar-refractivity contribution in [3.8, 4) is 0 Å². The van der Waals surface area contributed by atoms with Crippen LogP contribution in [0.1, 0.15) is 89.2 Å². The zero-order chi connectivity index (χ0) is 16.8. The summed E-state index contributed by atoms with van der Waals surface area (Å²) in [4.78, 5) is 12.5. The van der Waals surface area contributed by atoms with E-state index in [0.717, 1.165) is 18.5 Å². The van der Waals surface area contributed by atoms with Crippen LogP contribution in [-0.2, 0) is 0 Å². The third kappa shape index (κ3) is 4.98. The molecule has 1 aromatic rings. The zero-order valence-electron chi connectivity index (χ0n) is 15.1. The number of carbonyl (C=O) groups excluding carboxylic acids is 1. The molecule has 2 N–H and O–H groups in total. The van der Waals surface area contributed by atoms with E-state index in [4.69, 9.17) is 0 Å².